The van der Waals surface area contributed by atoms with E-state index >= 15 is 0 Å². The molecule has 166 valence electrons. The lowest BCUT2D eigenvalue weighted by molar-refractivity contribution is -0.146. The SMILES string of the molecule is CCOC(=O)/C=C/CC[C@H](C(=O)OC)N(C(=O)OC(C)(C)C)C(=O)OC(C)(C)C. The van der Waals surface area contributed by atoms with Crippen molar-refractivity contribution < 1.29 is 38.1 Å². The lowest BCUT2D eigenvalue weighted by atomic mass is 10.1. The monoisotopic (exact) mass is 415 g/mol. The third-order valence-electron chi connectivity index (χ3n) is 3.11. The number of amides is 2. The summed E-state index contributed by atoms with van der Waals surface area (Å²) in [5, 5.41) is 0. The molecule has 0 aromatic rings. The molecule has 0 radical (unpaired) electrons. The first-order valence-electron chi connectivity index (χ1n) is 9.38. The van der Waals surface area contributed by atoms with E-state index in [4.69, 9.17) is 18.9 Å². The van der Waals surface area contributed by atoms with E-state index in [9.17, 15) is 19.2 Å². The normalized spacial score (nSPS) is 12.8. The molecular formula is C20H33NO8. The predicted molar refractivity (Wildman–Crippen MR) is 105 cm³/mol. The molecule has 0 aliphatic heterocycles. The van der Waals surface area contributed by atoms with E-state index in [-0.39, 0.29) is 19.4 Å². The van der Waals surface area contributed by atoms with Crippen LogP contribution in [0.1, 0.15) is 61.3 Å². The Bertz CT molecular complexity index is 585. The molecule has 0 aromatic heterocycles. The van der Waals surface area contributed by atoms with Gasteiger partial charge in [0.25, 0.3) is 0 Å². The fourth-order valence-corrected chi connectivity index (χ4v) is 2.06. The van der Waals surface area contributed by atoms with E-state index < -0.39 is 41.4 Å². The van der Waals surface area contributed by atoms with Gasteiger partial charge in [-0.05, 0) is 61.3 Å². The summed E-state index contributed by atoms with van der Waals surface area (Å²) in [6.45, 7) is 11.7. The molecule has 0 bridgehead atoms. The van der Waals surface area contributed by atoms with Crippen LogP contribution in [-0.4, -0.2) is 60.0 Å². The van der Waals surface area contributed by atoms with Crippen LogP contribution in [0.4, 0.5) is 9.59 Å². The Morgan fingerprint density at radius 1 is 0.931 bits per heavy atom. The standard InChI is InChI=1S/C20H33NO8/c1-9-27-15(22)13-11-10-12-14(16(23)26-8)21(17(24)28-19(2,3)4)18(25)29-20(5,6)7/h11,13-14H,9-10,12H2,1-8H3/b13-11+/t14-/m1/s1. The van der Waals surface area contributed by atoms with Crippen LogP contribution < -0.4 is 0 Å². The van der Waals surface area contributed by atoms with Gasteiger partial charge < -0.3 is 18.9 Å². The van der Waals surface area contributed by atoms with Gasteiger partial charge in [0.15, 0.2) is 0 Å². The summed E-state index contributed by atoms with van der Waals surface area (Å²) >= 11 is 0. The molecule has 0 aliphatic rings. The third-order valence-corrected chi connectivity index (χ3v) is 3.11. The van der Waals surface area contributed by atoms with Crippen molar-refractivity contribution in [2.24, 2.45) is 0 Å². The van der Waals surface area contributed by atoms with E-state index in [1.54, 1.807) is 48.5 Å². The molecule has 9 nitrogen and oxygen atoms in total. The maximum atomic E-state index is 12.7. The number of carbonyl (C=O) groups is 4. The molecule has 0 saturated carbocycles. The largest absolute Gasteiger partial charge is 0.467 e. The second-order valence-corrected chi connectivity index (χ2v) is 8.10. The molecule has 0 aliphatic carbocycles. The van der Waals surface area contributed by atoms with Crippen molar-refractivity contribution in [3.8, 4) is 0 Å². The molecule has 0 rings (SSSR count). The average Bonchev–Trinajstić information content (AvgIpc) is 2.53. The molecule has 0 saturated heterocycles. The van der Waals surface area contributed by atoms with Crippen molar-refractivity contribution in [1.29, 1.82) is 0 Å². The van der Waals surface area contributed by atoms with Crippen molar-refractivity contribution in [2.75, 3.05) is 13.7 Å². The van der Waals surface area contributed by atoms with Crippen molar-refractivity contribution in [3.05, 3.63) is 12.2 Å². The molecule has 29 heavy (non-hydrogen) atoms. The van der Waals surface area contributed by atoms with Gasteiger partial charge in [0, 0.05) is 6.08 Å². The number of carbonyl (C=O) groups excluding carboxylic acids is 4. The first kappa shape index (κ1) is 26.4. The summed E-state index contributed by atoms with van der Waals surface area (Å²) in [4.78, 5) is 49.7. The molecule has 0 spiro atoms. The van der Waals surface area contributed by atoms with E-state index in [1.807, 2.05) is 0 Å². The Labute approximate surface area is 172 Å². The zero-order valence-corrected chi connectivity index (χ0v) is 18.6. The molecular weight excluding hydrogens is 382 g/mol. The number of ether oxygens (including phenoxy) is 4. The van der Waals surface area contributed by atoms with Gasteiger partial charge in [0.1, 0.15) is 17.2 Å². The average molecular weight is 415 g/mol. The highest BCUT2D eigenvalue weighted by Crippen LogP contribution is 2.20. The Kier molecular flexibility index (Phi) is 10.4. The number of nitrogens with zero attached hydrogens (tertiary/aromatic N) is 1. The first-order chi connectivity index (χ1) is 13.2. The summed E-state index contributed by atoms with van der Waals surface area (Å²) < 4.78 is 20.1. The Balaban J connectivity index is 5.66. The number of imide groups is 1. The highest BCUT2D eigenvalue weighted by molar-refractivity contribution is 5.94. The summed E-state index contributed by atoms with van der Waals surface area (Å²) in [6, 6.07) is -1.29. The highest BCUT2D eigenvalue weighted by atomic mass is 16.6. The molecule has 0 heterocycles. The minimum atomic E-state index is -1.29. The van der Waals surface area contributed by atoms with Crippen LogP contribution in [0.25, 0.3) is 0 Å². The summed E-state index contributed by atoms with van der Waals surface area (Å²) in [7, 11) is 1.14. The van der Waals surface area contributed by atoms with E-state index in [1.165, 1.54) is 12.2 Å². The molecule has 2 amide bonds. The molecule has 1 atom stereocenters. The summed E-state index contributed by atoms with van der Waals surface area (Å²) in [5.74, 6) is -1.34. The van der Waals surface area contributed by atoms with Crippen LogP contribution >= 0.6 is 0 Å². The number of hydrogen-bond donors (Lipinski definition) is 0. The molecule has 0 fully saturated rings. The van der Waals surface area contributed by atoms with Crippen molar-refractivity contribution in [3.63, 3.8) is 0 Å². The van der Waals surface area contributed by atoms with Gasteiger partial charge in [-0.3, -0.25) is 0 Å². The van der Waals surface area contributed by atoms with Gasteiger partial charge in [0.05, 0.1) is 13.7 Å². The Morgan fingerprint density at radius 3 is 1.79 bits per heavy atom. The van der Waals surface area contributed by atoms with Crippen LogP contribution in [0.5, 0.6) is 0 Å². The van der Waals surface area contributed by atoms with E-state index in [2.05, 4.69) is 0 Å². The summed E-state index contributed by atoms with van der Waals surface area (Å²) in [6.07, 6.45) is 0.828. The smallest absolute Gasteiger partial charge is 0.420 e. The van der Waals surface area contributed by atoms with Crippen molar-refractivity contribution in [2.45, 2.75) is 78.6 Å². The van der Waals surface area contributed by atoms with Crippen molar-refractivity contribution in [1.82, 2.24) is 4.90 Å². The lowest BCUT2D eigenvalue weighted by Crippen LogP contribution is -2.52. The van der Waals surface area contributed by atoms with Crippen LogP contribution in [0.2, 0.25) is 0 Å². The minimum Gasteiger partial charge on any atom is -0.467 e. The second kappa shape index (κ2) is 11.4. The minimum absolute atomic E-state index is 0.00106. The van der Waals surface area contributed by atoms with Crippen LogP contribution in [-0.2, 0) is 28.5 Å². The van der Waals surface area contributed by atoms with Gasteiger partial charge in [-0.15, -0.1) is 0 Å². The lowest BCUT2D eigenvalue weighted by Gasteiger charge is -2.32. The van der Waals surface area contributed by atoms with Gasteiger partial charge in [-0.2, -0.15) is 4.90 Å². The third kappa shape index (κ3) is 11.1. The zero-order chi connectivity index (χ0) is 22.8. The number of methoxy groups -OCH3 is 1. The molecule has 9 heteroatoms. The van der Waals surface area contributed by atoms with Gasteiger partial charge >= 0.3 is 24.1 Å². The van der Waals surface area contributed by atoms with Crippen LogP contribution in [0.3, 0.4) is 0 Å². The van der Waals surface area contributed by atoms with Gasteiger partial charge in [-0.1, -0.05) is 6.08 Å². The predicted octanol–water partition coefficient (Wildman–Crippen LogP) is 3.60. The Morgan fingerprint density at radius 2 is 1.41 bits per heavy atom. The topological polar surface area (TPSA) is 108 Å². The zero-order valence-electron chi connectivity index (χ0n) is 18.6. The van der Waals surface area contributed by atoms with Gasteiger partial charge in [0.2, 0.25) is 0 Å². The maximum absolute atomic E-state index is 12.7. The van der Waals surface area contributed by atoms with Crippen LogP contribution in [0.15, 0.2) is 12.2 Å². The van der Waals surface area contributed by atoms with Crippen LogP contribution in [0, 0.1) is 0 Å². The first-order valence-corrected chi connectivity index (χ1v) is 9.38. The fraction of sp³-hybridized carbons (Fsp3) is 0.700. The highest BCUT2D eigenvalue weighted by Gasteiger charge is 2.40. The number of hydrogen-bond acceptors (Lipinski definition) is 8. The molecule has 0 unspecified atom stereocenters. The number of rotatable bonds is 7. The van der Waals surface area contributed by atoms with E-state index in [0.29, 0.717) is 4.90 Å². The molecule has 0 aromatic carbocycles. The van der Waals surface area contributed by atoms with E-state index in [0.717, 1.165) is 7.11 Å². The molecule has 0 N–H and O–H groups in total. The maximum Gasteiger partial charge on any atom is 0.420 e. The number of esters is 2. The second-order valence-electron chi connectivity index (χ2n) is 8.10. The van der Waals surface area contributed by atoms with Crippen molar-refractivity contribution >= 4 is 24.1 Å². The fourth-order valence-electron chi connectivity index (χ4n) is 2.06. The Hall–Kier alpha value is -2.58. The quantitative estimate of drug-likeness (QED) is 0.352. The van der Waals surface area contributed by atoms with Gasteiger partial charge in [-0.25, -0.2) is 19.2 Å². The summed E-state index contributed by atoms with van der Waals surface area (Å²) in [5.41, 5.74) is -1.80. The number of allylic oxidation sites excluding steroid dienone is 1.